The van der Waals surface area contributed by atoms with Crippen molar-refractivity contribution in [2.24, 2.45) is 0 Å². The maximum absolute atomic E-state index is 14.0. The third-order valence-electron chi connectivity index (χ3n) is 6.11. The third-order valence-corrected chi connectivity index (χ3v) is 6.11. The number of carbonyl (C=O) groups is 2. The SMILES string of the molecule is CCCNC(=O)[C@H]1CN(C(=O)c2nn(Cc3ccccc3)c(=O)c3ccccc23)c2ccccc2O1. The van der Waals surface area contributed by atoms with Crippen LogP contribution in [0.4, 0.5) is 5.69 Å². The molecule has 1 N–H and O–H groups in total. The van der Waals surface area contributed by atoms with Gasteiger partial charge in [0.1, 0.15) is 5.75 Å². The summed E-state index contributed by atoms with van der Waals surface area (Å²) in [5.41, 5.74) is 1.31. The van der Waals surface area contributed by atoms with Crippen molar-refractivity contribution in [2.45, 2.75) is 26.0 Å². The predicted octanol–water partition coefficient (Wildman–Crippen LogP) is 3.38. The molecule has 1 aliphatic heterocycles. The molecule has 0 spiro atoms. The van der Waals surface area contributed by atoms with E-state index < -0.39 is 12.0 Å². The Hall–Kier alpha value is -4.46. The minimum Gasteiger partial charge on any atom is -0.477 e. The summed E-state index contributed by atoms with van der Waals surface area (Å²) in [5.74, 6) is -0.247. The quantitative estimate of drug-likeness (QED) is 0.455. The number of nitrogens with one attached hydrogen (secondary N) is 1. The molecule has 2 heterocycles. The number of rotatable bonds is 6. The number of amides is 2. The number of hydrogen-bond donors (Lipinski definition) is 1. The Kier molecular flexibility index (Phi) is 6.49. The highest BCUT2D eigenvalue weighted by molar-refractivity contribution is 6.13. The van der Waals surface area contributed by atoms with Crippen LogP contribution in [0.25, 0.3) is 10.8 Å². The first kappa shape index (κ1) is 23.3. The topological polar surface area (TPSA) is 93.5 Å². The van der Waals surface area contributed by atoms with Gasteiger partial charge in [0.15, 0.2) is 11.8 Å². The summed E-state index contributed by atoms with van der Waals surface area (Å²) in [6.07, 6.45) is -0.0757. The molecule has 36 heavy (non-hydrogen) atoms. The van der Waals surface area contributed by atoms with Crippen LogP contribution in [0.1, 0.15) is 29.4 Å². The largest absolute Gasteiger partial charge is 0.477 e. The molecule has 8 heteroatoms. The van der Waals surface area contributed by atoms with Gasteiger partial charge in [0.05, 0.1) is 24.2 Å². The van der Waals surface area contributed by atoms with E-state index in [1.807, 2.05) is 43.3 Å². The molecule has 1 aromatic heterocycles. The number of fused-ring (bicyclic) bond motifs is 2. The number of aromatic nitrogens is 2. The van der Waals surface area contributed by atoms with Crippen LogP contribution in [-0.2, 0) is 11.3 Å². The molecule has 182 valence electrons. The Labute approximate surface area is 208 Å². The maximum atomic E-state index is 14.0. The van der Waals surface area contributed by atoms with Crippen LogP contribution in [0, 0.1) is 0 Å². The number of para-hydroxylation sites is 2. The number of anilines is 1. The van der Waals surface area contributed by atoms with Gasteiger partial charge in [0.2, 0.25) is 0 Å². The highest BCUT2D eigenvalue weighted by Crippen LogP contribution is 2.34. The Balaban J connectivity index is 1.59. The molecule has 4 aromatic rings. The molecule has 0 saturated carbocycles. The molecule has 0 aliphatic carbocycles. The summed E-state index contributed by atoms with van der Waals surface area (Å²) in [7, 11) is 0. The van der Waals surface area contributed by atoms with Crippen LogP contribution in [0.2, 0.25) is 0 Å². The minimum atomic E-state index is -0.864. The number of hydrogen-bond acceptors (Lipinski definition) is 5. The molecular formula is C28H26N4O4. The van der Waals surface area contributed by atoms with Gasteiger partial charge in [-0.05, 0) is 30.2 Å². The average molecular weight is 483 g/mol. The fraction of sp³-hybridized carbons (Fsp3) is 0.214. The lowest BCUT2D eigenvalue weighted by molar-refractivity contribution is -0.127. The summed E-state index contributed by atoms with van der Waals surface area (Å²) in [6.45, 7) is 2.74. The second kappa shape index (κ2) is 10.0. The first-order valence-corrected chi connectivity index (χ1v) is 12.0. The molecular weight excluding hydrogens is 456 g/mol. The summed E-state index contributed by atoms with van der Waals surface area (Å²) in [6, 6.07) is 23.6. The van der Waals surface area contributed by atoms with Gasteiger partial charge in [-0.3, -0.25) is 19.3 Å². The highest BCUT2D eigenvalue weighted by atomic mass is 16.5. The molecule has 1 atom stereocenters. The Morgan fingerprint density at radius 3 is 2.44 bits per heavy atom. The normalized spacial score (nSPS) is 14.7. The van der Waals surface area contributed by atoms with Gasteiger partial charge in [-0.1, -0.05) is 67.6 Å². The molecule has 2 amide bonds. The van der Waals surface area contributed by atoms with Crippen LogP contribution >= 0.6 is 0 Å². The zero-order chi connectivity index (χ0) is 25.1. The van der Waals surface area contributed by atoms with E-state index in [9.17, 15) is 14.4 Å². The standard InChI is InChI=1S/C28H26N4O4/c1-2-16-29-26(33)24-18-31(22-14-8-9-15-23(22)36-24)28(35)25-20-12-6-7-13-21(20)27(34)32(30-25)17-19-10-4-3-5-11-19/h3-15,24H,2,16-18H2,1H3,(H,29,33)/t24-/m1/s1. The molecule has 3 aromatic carbocycles. The van der Waals surface area contributed by atoms with Crippen molar-refractivity contribution in [1.29, 1.82) is 0 Å². The summed E-state index contributed by atoms with van der Waals surface area (Å²) in [5, 5.41) is 8.25. The molecule has 1 aliphatic rings. The second-order valence-corrected chi connectivity index (χ2v) is 8.62. The van der Waals surface area contributed by atoms with Crippen molar-refractivity contribution in [3.8, 4) is 5.75 Å². The van der Waals surface area contributed by atoms with Gasteiger partial charge < -0.3 is 10.1 Å². The van der Waals surface area contributed by atoms with E-state index in [1.165, 1.54) is 9.58 Å². The lowest BCUT2D eigenvalue weighted by atomic mass is 10.1. The number of ether oxygens (including phenoxy) is 1. The van der Waals surface area contributed by atoms with Crippen LogP contribution in [0.3, 0.4) is 0 Å². The molecule has 0 unspecified atom stereocenters. The summed E-state index contributed by atoms with van der Waals surface area (Å²) < 4.78 is 7.26. The fourth-order valence-corrected chi connectivity index (χ4v) is 4.31. The zero-order valence-corrected chi connectivity index (χ0v) is 19.9. The lowest BCUT2D eigenvalue weighted by Gasteiger charge is -2.34. The van der Waals surface area contributed by atoms with E-state index in [-0.39, 0.29) is 30.2 Å². The maximum Gasteiger partial charge on any atom is 0.279 e. The number of benzene rings is 3. The molecule has 0 bridgehead atoms. The number of carbonyl (C=O) groups excluding carboxylic acids is 2. The average Bonchev–Trinajstić information content (AvgIpc) is 2.93. The van der Waals surface area contributed by atoms with Gasteiger partial charge in [-0.2, -0.15) is 5.10 Å². The summed E-state index contributed by atoms with van der Waals surface area (Å²) in [4.78, 5) is 41.5. The van der Waals surface area contributed by atoms with E-state index in [2.05, 4.69) is 10.4 Å². The molecule has 5 rings (SSSR count). The molecule has 0 radical (unpaired) electrons. The minimum absolute atomic E-state index is 0.0270. The highest BCUT2D eigenvalue weighted by Gasteiger charge is 2.35. The fourth-order valence-electron chi connectivity index (χ4n) is 4.31. The van der Waals surface area contributed by atoms with Crippen molar-refractivity contribution in [3.05, 3.63) is 100 Å². The van der Waals surface area contributed by atoms with Crippen LogP contribution in [-0.4, -0.2) is 40.8 Å². The van der Waals surface area contributed by atoms with E-state index in [4.69, 9.17) is 4.74 Å². The Bertz CT molecular complexity index is 1480. The van der Waals surface area contributed by atoms with E-state index in [0.717, 1.165) is 12.0 Å². The van der Waals surface area contributed by atoms with Gasteiger partial charge in [0, 0.05) is 11.9 Å². The van der Waals surface area contributed by atoms with E-state index in [1.54, 1.807) is 42.5 Å². The van der Waals surface area contributed by atoms with Crippen LogP contribution < -0.4 is 20.5 Å². The summed E-state index contributed by atoms with van der Waals surface area (Å²) >= 11 is 0. The monoisotopic (exact) mass is 482 g/mol. The molecule has 0 saturated heterocycles. The van der Waals surface area contributed by atoms with Crippen LogP contribution in [0.5, 0.6) is 5.75 Å². The van der Waals surface area contributed by atoms with E-state index >= 15 is 0 Å². The Morgan fingerprint density at radius 2 is 1.67 bits per heavy atom. The van der Waals surface area contributed by atoms with Crippen molar-refractivity contribution in [2.75, 3.05) is 18.0 Å². The van der Waals surface area contributed by atoms with Gasteiger partial charge in [-0.25, -0.2) is 4.68 Å². The zero-order valence-electron chi connectivity index (χ0n) is 19.9. The Morgan fingerprint density at radius 1 is 0.972 bits per heavy atom. The second-order valence-electron chi connectivity index (χ2n) is 8.62. The van der Waals surface area contributed by atoms with Gasteiger partial charge in [-0.15, -0.1) is 0 Å². The van der Waals surface area contributed by atoms with Gasteiger partial charge in [0.25, 0.3) is 17.4 Å². The van der Waals surface area contributed by atoms with Crippen molar-refractivity contribution >= 4 is 28.3 Å². The third kappa shape index (κ3) is 4.45. The van der Waals surface area contributed by atoms with Crippen molar-refractivity contribution in [1.82, 2.24) is 15.1 Å². The number of nitrogens with zero attached hydrogens (tertiary/aromatic N) is 3. The van der Waals surface area contributed by atoms with Gasteiger partial charge >= 0.3 is 0 Å². The smallest absolute Gasteiger partial charge is 0.279 e. The first-order chi connectivity index (χ1) is 17.6. The van der Waals surface area contributed by atoms with Crippen molar-refractivity contribution < 1.29 is 14.3 Å². The predicted molar refractivity (Wildman–Crippen MR) is 137 cm³/mol. The van der Waals surface area contributed by atoms with E-state index in [0.29, 0.717) is 28.8 Å². The van der Waals surface area contributed by atoms with Crippen molar-refractivity contribution in [3.63, 3.8) is 0 Å². The molecule has 8 nitrogen and oxygen atoms in total. The first-order valence-electron chi connectivity index (χ1n) is 12.0. The molecule has 0 fully saturated rings. The van der Waals surface area contributed by atoms with Crippen LogP contribution in [0.15, 0.2) is 83.7 Å². The lowest BCUT2D eigenvalue weighted by Crippen LogP contribution is -2.51.